The number of hydrogen-bond acceptors (Lipinski definition) is 5. The summed E-state index contributed by atoms with van der Waals surface area (Å²) >= 11 is 0. The maximum atomic E-state index is 14.0. The minimum atomic E-state index is -1.10. The first kappa shape index (κ1) is 18.5. The molecule has 148 valence electrons. The van der Waals surface area contributed by atoms with Crippen LogP contribution in [0.1, 0.15) is 12.0 Å². The van der Waals surface area contributed by atoms with Crippen LogP contribution >= 0.6 is 0 Å². The Morgan fingerprint density at radius 2 is 1.83 bits per heavy atom. The van der Waals surface area contributed by atoms with E-state index >= 15 is 0 Å². The first-order valence-corrected chi connectivity index (χ1v) is 8.66. The number of nitrogens with one attached hydrogen (secondary N) is 1. The second-order valence-electron chi connectivity index (χ2n) is 6.26. The number of benzene rings is 2. The smallest absolute Gasteiger partial charge is 0.328 e. The molecular formula is C18H14F2N6O3. The normalized spacial score (nSPS) is 13.1. The molecule has 0 unspecified atom stereocenters. The summed E-state index contributed by atoms with van der Waals surface area (Å²) in [4.78, 5) is 37.7. The van der Waals surface area contributed by atoms with Gasteiger partial charge < -0.3 is 5.32 Å². The third-order valence-corrected chi connectivity index (χ3v) is 4.61. The van der Waals surface area contributed by atoms with Crippen LogP contribution in [0.5, 0.6) is 0 Å². The number of aromatic nitrogens is 4. The minimum Gasteiger partial charge on any atom is -0.328 e. The standard InChI is InChI=1S/C18H14F2N6O3/c19-12-5-1-6-13(20)16(12)25-18(29)26(23-22-25)17(28)24-9-3-4-11-14(21-10-27)7-2-8-15(11)24/h1-2,5-8,10H,3-4,9H2,(H,21,27). The van der Waals surface area contributed by atoms with Gasteiger partial charge in [0.1, 0.15) is 5.69 Å². The number of rotatable bonds is 3. The van der Waals surface area contributed by atoms with E-state index in [4.69, 9.17) is 0 Å². The molecule has 2 heterocycles. The molecule has 1 aromatic heterocycles. The fourth-order valence-electron chi connectivity index (χ4n) is 3.33. The molecule has 4 rings (SSSR count). The van der Waals surface area contributed by atoms with Crippen molar-refractivity contribution >= 4 is 23.8 Å². The number of carbonyl (C=O) groups is 2. The number of fused-ring (bicyclic) bond motifs is 1. The van der Waals surface area contributed by atoms with Crippen LogP contribution in [-0.2, 0) is 11.2 Å². The Morgan fingerprint density at radius 1 is 1.10 bits per heavy atom. The molecular weight excluding hydrogens is 386 g/mol. The molecule has 9 nitrogen and oxygen atoms in total. The summed E-state index contributed by atoms with van der Waals surface area (Å²) < 4.78 is 28.8. The van der Waals surface area contributed by atoms with E-state index in [1.54, 1.807) is 18.2 Å². The van der Waals surface area contributed by atoms with Gasteiger partial charge in [-0.1, -0.05) is 12.1 Å². The largest absolute Gasteiger partial charge is 0.377 e. The van der Waals surface area contributed by atoms with Crippen molar-refractivity contribution in [3.63, 3.8) is 0 Å². The molecule has 11 heteroatoms. The van der Waals surface area contributed by atoms with Gasteiger partial charge in [0.25, 0.3) is 0 Å². The Labute approximate surface area is 162 Å². The van der Waals surface area contributed by atoms with E-state index in [9.17, 15) is 23.2 Å². The molecule has 1 aliphatic heterocycles. The summed E-state index contributed by atoms with van der Waals surface area (Å²) in [6, 6.07) is 7.29. The number of nitrogens with zero attached hydrogens (tertiary/aromatic N) is 5. The van der Waals surface area contributed by atoms with Gasteiger partial charge in [-0.15, -0.1) is 4.68 Å². The van der Waals surface area contributed by atoms with E-state index < -0.39 is 29.0 Å². The van der Waals surface area contributed by atoms with Crippen molar-refractivity contribution in [2.75, 3.05) is 16.8 Å². The molecule has 2 amide bonds. The van der Waals surface area contributed by atoms with E-state index in [1.807, 2.05) is 0 Å². The van der Waals surface area contributed by atoms with Crippen molar-refractivity contribution in [3.8, 4) is 5.69 Å². The molecule has 0 spiro atoms. The number of hydrogen-bond donors (Lipinski definition) is 1. The van der Waals surface area contributed by atoms with Crippen LogP contribution in [0, 0.1) is 11.6 Å². The molecule has 0 saturated heterocycles. The maximum absolute atomic E-state index is 14.0. The highest BCUT2D eigenvalue weighted by molar-refractivity contribution is 5.95. The van der Waals surface area contributed by atoms with Crippen molar-refractivity contribution < 1.29 is 18.4 Å². The Balaban J connectivity index is 1.75. The molecule has 1 N–H and O–H groups in total. The van der Waals surface area contributed by atoms with E-state index in [0.717, 1.165) is 23.8 Å². The third-order valence-electron chi connectivity index (χ3n) is 4.61. The predicted molar refractivity (Wildman–Crippen MR) is 98.1 cm³/mol. The second-order valence-corrected chi connectivity index (χ2v) is 6.26. The molecule has 0 aliphatic carbocycles. The Bertz CT molecular complexity index is 1150. The Hall–Kier alpha value is -3.89. The van der Waals surface area contributed by atoms with E-state index in [2.05, 4.69) is 15.7 Å². The molecule has 0 fully saturated rings. The average molecular weight is 400 g/mol. The fraction of sp³-hybridized carbons (Fsp3) is 0.167. The van der Waals surface area contributed by atoms with Crippen LogP contribution in [0.15, 0.2) is 41.2 Å². The highest BCUT2D eigenvalue weighted by Gasteiger charge is 2.29. The van der Waals surface area contributed by atoms with Crippen molar-refractivity contribution in [3.05, 3.63) is 64.1 Å². The van der Waals surface area contributed by atoms with E-state index in [-0.39, 0.29) is 0 Å². The number of para-hydroxylation sites is 1. The maximum Gasteiger partial charge on any atom is 0.377 e. The fourth-order valence-corrected chi connectivity index (χ4v) is 3.33. The topological polar surface area (TPSA) is 102 Å². The summed E-state index contributed by atoms with van der Waals surface area (Å²) in [5, 5.41) is 9.54. The molecule has 1 aliphatic rings. The first-order chi connectivity index (χ1) is 14.0. The summed E-state index contributed by atoms with van der Waals surface area (Å²) in [7, 11) is 0. The lowest BCUT2D eigenvalue weighted by atomic mass is 10.00. The highest BCUT2D eigenvalue weighted by Crippen LogP contribution is 2.32. The number of anilines is 2. The summed E-state index contributed by atoms with van der Waals surface area (Å²) in [6.07, 6.45) is 1.74. The monoisotopic (exact) mass is 400 g/mol. The first-order valence-electron chi connectivity index (χ1n) is 8.66. The molecule has 0 bridgehead atoms. The Kier molecular flexibility index (Phi) is 4.63. The lowest BCUT2D eigenvalue weighted by molar-refractivity contribution is -0.105. The van der Waals surface area contributed by atoms with Gasteiger partial charge in [0.05, 0.1) is 5.69 Å². The van der Waals surface area contributed by atoms with Crippen LogP contribution in [0.3, 0.4) is 0 Å². The van der Waals surface area contributed by atoms with Crippen molar-refractivity contribution in [1.29, 1.82) is 0 Å². The molecule has 3 aromatic rings. The second kappa shape index (κ2) is 7.26. The van der Waals surface area contributed by atoms with Gasteiger partial charge in [0.15, 0.2) is 11.6 Å². The van der Waals surface area contributed by atoms with Crippen LogP contribution < -0.4 is 15.9 Å². The van der Waals surface area contributed by atoms with Crippen LogP contribution in [0.25, 0.3) is 5.69 Å². The number of tetrazole rings is 1. The number of carbonyl (C=O) groups excluding carboxylic acids is 2. The van der Waals surface area contributed by atoms with Crippen molar-refractivity contribution in [1.82, 2.24) is 19.8 Å². The van der Waals surface area contributed by atoms with Gasteiger partial charge >= 0.3 is 11.7 Å². The van der Waals surface area contributed by atoms with Crippen LogP contribution in [0.2, 0.25) is 0 Å². The highest BCUT2D eigenvalue weighted by atomic mass is 19.1. The molecule has 0 atom stereocenters. The number of halogens is 2. The lowest BCUT2D eigenvalue weighted by Gasteiger charge is -2.29. The zero-order chi connectivity index (χ0) is 20.5. The molecule has 0 saturated carbocycles. The van der Waals surface area contributed by atoms with Gasteiger partial charge in [-0.3, -0.25) is 9.69 Å². The number of amides is 2. The van der Waals surface area contributed by atoms with Gasteiger partial charge in [-0.2, -0.15) is 4.68 Å². The molecule has 0 radical (unpaired) electrons. The van der Waals surface area contributed by atoms with Gasteiger partial charge in [0.2, 0.25) is 6.41 Å². The van der Waals surface area contributed by atoms with Gasteiger partial charge in [0, 0.05) is 12.2 Å². The minimum absolute atomic E-state index is 0.295. The van der Waals surface area contributed by atoms with Gasteiger partial charge in [-0.05, 0) is 53.1 Å². The average Bonchev–Trinajstić information content (AvgIpc) is 3.08. The molecule has 2 aromatic carbocycles. The zero-order valence-corrected chi connectivity index (χ0v) is 14.9. The predicted octanol–water partition coefficient (Wildman–Crippen LogP) is 1.70. The summed E-state index contributed by atoms with van der Waals surface area (Å²) in [5.74, 6) is -2.03. The van der Waals surface area contributed by atoms with E-state index in [0.29, 0.717) is 46.5 Å². The van der Waals surface area contributed by atoms with Crippen molar-refractivity contribution in [2.24, 2.45) is 0 Å². The van der Waals surface area contributed by atoms with Gasteiger partial charge in [-0.25, -0.2) is 18.4 Å². The van der Waals surface area contributed by atoms with Crippen molar-refractivity contribution in [2.45, 2.75) is 12.8 Å². The molecule has 29 heavy (non-hydrogen) atoms. The Morgan fingerprint density at radius 3 is 2.55 bits per heavy atom. The van der Waals surface area contributed by atoms with Crippen LogP contribution in [0.4, 0.5) is 25.0 Å². The van der Waals surface area contributed by atoms with E-state index in [1.165, 1.54) is 4.90 Å². The third kappa shape index (κ3) is 3.06. The SMILES string of the molecule is O=CNc1cccc2c1CCCN2C(=O)n1nnn(-c2c(F)cccc2F)c1=O. The zero-order valence-electron chi connectivity index (χ0n) is 14.9. The quantitative estimate of drug-likeness (QED) is 0.533. The summed E-state index contributed by atoms with van der Waals surface area (Å²) in [6.45, 7) is 0.295. The van der Waals surface area contributed by atoms with Crippen LogP contribution in [-0.4, -0.2) is 38.8 Å². The summed E-state index contributed by atoms with van der Waals surface area (Å²) in [5.41, 5.74) is -0.0211. The lowest BCUT2D eigenvalue weighted by Crippen LogP contribution is -2.43.